The van der Waals surface area contributed by atoms with Crippen molar-refractivity contribution in [3.63, 3.8) is 0 Å². The molecule has 0 aromatic heterocycles. The molecule has 8 nitrogen and oxygen atoms in total. The molecular formula is C24H23ClN4O4. The topological polar surface area (TPSA) is 133 Å². The Labute approximate surface area is 195 Å². The van der Waals surface area contributed by atoms with Crippen LogP contribution >= 0.6 is 11.6 Å². The number of primary amides is 1. The summed E-state index contributed by atoms with van der Waals surface area (Å²) in [5.74, 6) is -1.57. The normalized spacial score (nSPS) is 20.0. The van der Waals surface area contributed by atoms with Crippen LogP contribution in [0, 0.1) is 15.5 Å². The molecule has 9 heteroatoms. The van der Waals surface area contributed by atoms with Crippen LogP contribution in [0.3, 0.4) is 0 Å². The minimum atomic E-state index is -0.814. The number of nitro groups is 1. The van der Waals surface area contributed by atoms with E-state index in [9.17, 15) is 19.7 Å². The van der Waals surface area contributed by atoms with E-state index in [-0.39, 0.29) is 34.7 Å². The molecule has 1 amide bonds. The van der Waals surface area contributed by atoms with Gasteiger partial charge in [-0.05, 0) is 41.7 Å². The molecule has 1 aliphatic carbocycles. The Morgan fingerprint density at radius 1 is 1.12 bits per heavy atom. The van der Waals surface area contributed by atoms with Crippen LogP contribution in [0.15, 0.2) is 71.2 Å². The Morgan fingerprint density at radius 3 is 2.27 bits per heavy atom. The zero-order valence-corrected chi connectivity index (χ0v) is 18.9. The smallest absolute Gasteiger partial charge is 0.269 e. The highest BCUT2D eigenvalue weighted by Gasteiger charge is 2.45. The van der Waals surface area contributed by atoms with Crippen LogP contribution in [0.1, 0.15) is 38.2 Å². The number of allylic oxidation sites excluding steroid dienone is 2. The number of nitrogens with zero attached hydrogens (tertiary/aromatic N) is 2. The van der Waals surface area contributed by atoms with Gasteiger partial charge >= 0.3 is 0 Å². The Kier molecular flexibility index (Phi) is 5.49. The van der Waals surface area contributed by atoms with Gasteiger partial charge in [-0.15, -0.1) is 0 Å². The molecule has 33 heavy (non-hydrogen) atoms. The second kappa shape index (κ2) is 8.04. The molecular weight excluding hydrogens is 444 g/mol. The van der Waals surface area contributed by atoms with E-state index >= 15 is 0 Å². The number of nitrogens with two attached hydrogens (primary N) is 2. The van der Waals surface area contributed by atoms with Gasteiger partial charge in [0.15, 0.2) is 5.78 Å². The van der Waals surface area contributed by atoms with E-state index in [1.54, 1.807) is 29.2 Å². The summed E-state index contributed by atoms with van der Waals surface area (Å²) in [6, 6.07) is 12.7. The van der Waals surface area contributed by atoms with Gasteiger partial charge in [0.25, 0.3) is 5.69 Å². The lowest BCUT2D eigenvalue weighted by Crippen LogP contribution is -2.44. The first-order valence-electron chi connectivity index (χ1n) is 10.4. The maximum absolute atomic E-state index is 13.5. The summed E-state index contributed by atoms with van der Waals surface area (Å²) < 4.78 is 0. The third kappa shape index (κ3) is 3.98. The molecule has 4 rings (SSSR count). The number of hydrogen-bond donors (Lipinski definition) is 2. The number of benzene rings is 2. The minimum absolute atomic E-state index is 0.0746. The first-order chi connectivity index (χ1) is 15.5. The van der Waals surface area contributed by atoms with E-state index in [4.69, 9.17) is 23.1 Å². The lowest BCUT2D eigenvalue weighted by molar-refractivity contribution is -0.384. The van der Waals surface area contributed by atoms with Crippen LogP contribution in [0.2, 0.25) is 5.02 Å². The van der Waals surface area contributed by atoms with Crippen molar-refractivity contribution in [3.05, 3.63) is 91.9 Å². The van der Waals surface area contributed by atoms with Crippen molar-refractivity contribution in [1.82, 2.24) is 0 Å². The standard InChI is InChI=1S/C24H23ClN4O4/c1-24(2)11-17-20(18(30)12-24)19(13-3-7-16(8-4-13)29(32)33)21(23(27)31)22(26)28(17)15-9-5-14(25)6-10-15/h3-10,19H,11-12,26H2,1-2H3,(H2,27,31). The second-order valence-electron chi connectivity index (χ2n) is 9.06. The summed E-state index contributed by atoms with van der Waals surface area (Å²) >= 11 is 6.06. The minimum Gasteiger partial charge on any atom is -0.384 e. The summed E-state index contributed by atoms with van der Waals surface area (Å²) in [7, 11) is 0. The molecule has 0 fully saturated rings. The van der Waals surface area contributed by atoms with E-state index < -0.39 is 16.7 Å². The number of carbonyl (C=O) groups excluding carboxylic acids is 2. The molecule has 1 unspecified atom stereocenters. The van der Waals surface area contributed by atoms with Crippen LogP contribution in [-0.4, -0.2) is 16.6 Å². The van der Waals surface area contributed by atoms with E-state index in [1.165, 1.54) is 24.3 Å². The number of nitro benzene ring substituents is 1. The number of hydrogen-bond acceptors (Lipinski definition) is 6. The van der Waals surface area contributed by atoms with Gasteiger partial charge in [-0.25, -0.2) is 0 Å². The predicted octanol–water partition coefficient (Wildman–Crippen LogP) is 4.15. The summed E-state index contributed by atoms with van der Waals surface area (Å²) in [6.45, 7) is 4.00. The van der Waals surface area contributed by atoms with Crippen molar-refractivity contribution in [3.8, 4) is 0 Å². The number of carbonyl (C=O) groups is 2. The lowest BCUT2D eigenvalue weighted by Gasteiger charge is -2.44. The van der Waals surface area contributed by atoms with Gasteiger partial charge in [0.2, 0.25) is 5.91 Å². The summed E-state index contributed by atoms with van der Waals surface area (Å²) in [4.78, 5) is 38.4. The van der Waals surface area contributed by atoms with Gasteiger partial charge in [-0.1, -0.05) is 37.6 Å². The quantitative estimate of drug-likeness (QED) is 0.513. The molecule has 0 saturated carbocycles. The predicted molar refractivity (Wildman–Crippen MR) is 125 cm³/mol. The van der Waals surface area contributed by atoms with Crippen molar-refractivity contribution >= 4 is 34.7 Å². The molecule has 0 spiro atoms. The zero-order chi connectivity index (χ0) is 24.1. The highest BCUT2D eigenvalue weighted by Crippen LogP contribution is 2.50. The molecule has 1 atom stereocenters. The Bertz CT molecular complexity index is 1230. The molecule has 2 aromatic carbocycles. The van der Waals surface area contributed by atoms with Gasteiger partial charge in [0, 0.05) is 46.5 Å². The monoisotopic (exact) mass is 466 g/mol. The zero-order valence-electron chi connectivity index (χ0n) is 18.2. The van der Waals surface area contributed by atoms with E-state index in [1.807, 2.05) is 13.8 Å². The third-order valence-electron chi connectivity index (χ3n) is 6.05. The van der Waals surface area contributed by atoms with Crippen LogP contribution in [0.4, 0.5) is 11.4 Å². The van der Waals surface area contributed by atoms with Gasteiger partial charge in [0.1, 0.15) is 5.82 Å². The van der Waals surface area contributed by atoms with Gasteiger partial charge in [-0.2, -0.15) is 0 Å². The number of halogens is 1. The number of anilines is 1. The number of Topliss-reactive ketones (excluding diaryl/α,β-unsaturated/α-hetero) is 1. The number of amides is 1. The fourth-order valence-electron chi connectivity index (χ4n) is 4.66. The fourth-order valence-corrected chi connectivity index (χ4v) is 4.79. The molecule has 0 radical (unpaired) electrons. The first-order valence-corrected chi connectivity index (χ1v) is 10.7. The maximum Gasteiger partial charge on any atom is 0.269 e. The second-order valence-corrected chi connectivity index (χ2v) is 9.49. The van der Waals surface area contributed by atoms with Crippen molar-refractivity contribution < 1.29 is 14.5 Å². The SMILES string of the molecule is CC1(C)CC(=O)C2=C(C1)N(c1ccc(Cl)cc1)C(N)=C(C(N)=O)C2c1ccc([N+](=O)[O-])cc1. The van der Waals surface area contributed by atoms with Gasteiger partial charge in [0.05, 0.1) is 10.5 Å². The van der Waals surface area contributed by atoms with Crippen LogP contribution in [0.25, 0.3) is 0 Å². The van der Waals surface area contributed by atoms with E-state index in [2.05, 4.69) is 0 Å². The van der Waals surface area contributed by atoms with Crippen LogP contribution in [0.5, 0.6) is 0 Å². The molecule has 170 valence electrons. The average Bonchev–Trinajstić information content (AvgIpc) is 2.73. The summed E-state index contributed by atoms with van der Waals surface area (Å²) in [6.07, 6.45) is 0.822. The van der Waals surface area contributed by atoms with Crippen molar-refractivity contribution in [2.45, 2.75) is 32.6 Å². The fraction of sp³-hybridized carbons (Fsp3) is 0.250. The van der Waals surface area contributed by atoms with Crippen LogP contribution in [-0.2, 0) is 9.59 Å². The Morgan fingerprint density at radius 2 is 1.73 bits per heavy atom. The molecule has 0 bridgehead atoms. The van der Waals surface area contributed by atoms with Crippen molar-refractivity contribution in [1.29, 1.82) is 0 Å². The number of rotatable bonds is 4. The first kappa shape index (κ1) is 22.5. The summed E-state index contributed by atoms with van der Waals surface area (Å²) in [5.41, 5.74) is 14.3. The van der Waals surface area contributed by atoms with Gasteiger partial charge in [-0.3, -0.25) is 24.6 Å². The number of ketones is 1. The Hall–Kier alpha value is -3.65. The molecule has 1 aliphatic heterocycles. The molecule has 1 heterocycles. The highest BCUT2D eigenvalue weighted by molar-refractivity contribution is 6.30. The summed E-state index contributed by atoms with van der Waals surface area (Å²) in [5, 5.41) is 11.6. The molecule has 0 saturated heterocycles. The highest BCUT2D eigenvalue weighted by atomic mass is 35.5. The van der Waals surface area contributed by atoms with Gasteiger partial charge < -0.3 is 11.5 Å². The third-order valence-corrected chi connectivity index (χ3v) is 6.30. The maximum atomic E-state index is 13.5. The van der Waals surface area contributed by atoms with Crippen LogP contribution < -0.4 is 16.4 Å². The van der Waals surface area contributed by atoms with E-state index in [0.717, 1.165) is 0 Å². The van der Waals surface area contributed by atoms with Crippen molar-refractivity contribution in [2.75, 3.05) is 4.90 Å². The average molecular weight is 467 g/mol. The Balaban J connectivity index is 1.99. The van der Waals surface area contributed by atoms with E-state index in [0.29, 0.717) is 34.0 Å². The molecule has 4 N–H and O–H groups in total. The lowest BCUT2D eigenvalue weighted by atomic mass is 9.68. The van der Waals surface area contributed by atoms with Crippen molar-refractivity contribution in [2.24, 2.45) is 16.9 Å². The largest absolute Gasteiger partial charge is 0.384 e. The molecule has 2 aromatic rings. The number of non-ortho nitro benzene ring substituents is 1. The molecule has 2 aliphatic rings.